The maximum absolute atomic E-state index is 10.6. The van der Waals surface area contributed by atoms with Gasteiger partial charge in [0.05, 0.1) is 0 Å². The van der Waals surface area contributed by atoms with Crippen LogP contribution in [0.1, 0.15) is 33.1 Å². The van der Waals surface area contributed by atoms with E-state index in [1.807, 2.05) is 0 Å². The van der Waals surface area contributed by atoms with Crippen LogP contribution >= 0.6 is 0 Å². The molecule has 1 fully saturated rings. The molecular weight excluding hydrogens is 152 g/mol. The van der Waals surface area contributed by atoms with Crippen molar-refractivity contribution in [2.75, 3.05) is 0 Å². The van der Waals surface area contributed by atoms with Gasteiger partial charge in [0, 0.05) is 12.0 Å². The van der Waals surface area contributed by atoms with E-state index in [0.29, 0.717) is 18.3 Å². The second-order valence-corrected chi connectivity index (χ2v) is 4.42. The number of amides is 1. The van der Waals surface area contributed by atoms with Gasteiger partial charge in [-0.2, -0.15) is 0 Å². The van der Waals surface area contributed by atoms with Crippen molar-refractivity contribution in [3.63, 3.8) is 0 Å². The molecule has 1 saturated carbocycles. The molecule has 1 rings (SSSR count). The van der Waals surface area contributed by atoms with E-state index in [9.17, 15) is 4.79 Å². The van der Waals surface area contributed by atoms with Gasteiger partial charge in [0.2, 0.25) is 5.91 Å². The lowest BCUT2D eigenvalue weighted by atomic mass is 9.63. The van der Waals surface area contributed by atoms with E-state index in [-0.39, 0.29) is 11.4 Å². The Morgan fingerprint density at radius 2 is 2.08 bits per heavy atom. The fraction of sp³-hybridized carbons (Fsp3) is 0.889. The molecule has 0 bridgehead atoms. The van der Waals surface area contributed by atoms with Crippen molar-refractivity contribution in [2.24, 2.45) is 23.3 Å². The largest absolute Gasteiger partial charge is 0.370 e. The van der Waals surface area contributed by atoms with Crippen molar-refractivity contribution < 1.29 is 4.79 Å². The lowest BCUT2D eigenvalue weighted by Gasteiger charge is -2.46. The third-order valence-corrected chi connectivity index (χ3v) is 2.81. The molecule has 0 aromatic carbocycles. The summed E-state index contributed by atoms with van der Waals surface area (Å²) in [7, 11) is 0. The minimum atomic E-state index is -0.278. The number of carbonyl (C=O) groups excluding carboxylic acids is 1. The molecule has 3 nitrogen and oxygen atoms in total. The van der Waals surface area contributed by atoms with Gasteiger partial charge in [-0.15, -0.1) is 0 Å². The Balaban J connectivity index is 2.35. The number of nitrogens with two attached hydrogens (primary N) is 2. The number of carbonyl (C=O) groups is 1. The summed E-state index contributed by atoms with van der Waals surface area (Å²) < 4.78 is 0. The first-order valence-corrected chi connectivity index (χ1v) is 4.50. The SMILES string of the molecule is CC(C)C1CC(N)(CC(N)=O)C1. The highest BCUT2D eigenvalue weighted by Crippen LogP contribution is 2.42. The Labute approximate surface area is 73.5 Å². The first kappa shape index (κ1) is 9.52. The summed E-state index contributed by atoms with van der Waals surface area (Å²) in [4.78, 5) is 10.6. The summed E-state index contributed by atoms with van der Waals surface area (Å²) >= 11 is 0. The van der Waals surface area contributed by atoms with Crippen LogP contribution in [-0.2, 0) is 4.79 Å². The summed E-state index contributed by atoms with van der Waals surface area (Å²) in [6.07, 6.45) is 2.25. The highest BCUT2D eigenvalue weighted by atomic mass is 16.1. The Morgan fingerprint density at radius 3 is 2.42 bits per heavy atom. The maximum Gasteiger partial charge on any atom is 0.219 e. The van der Waals surface area contributed by atoms with Crippen molar-refractivity contribution in [1.29, 1.82) is 0 Å². The highest BCUT2D eigenvalue weighted by molar-refractivity contribution is 5.75. The van der Waals surface area contributed by atoms with Gasteiger partial charge in [0.1, 0.15) is 0 Å². The summed E-state index contributed by atoms with van der Waals surface area (Å²) in [5.41, 5.74) is 10.7. The van der Waals surface area contributed by atoms with Gasteiger partial charge >= 0.3 is 0 Å². The van der Waals surface area contributed by atoms with Gasteiger partial charge in [-0.1, -0.05) is 13.8 Å². The maximum atomic E-state index is 10.6. The quantitative estimate of drug-likeness (QED) is 0.652. The summed E-state index contributed by atoms with van der Waals surface area (Å²) in [6.45, 7) is 4.38. The van der Waals surface area contributed by atoms with Crippen molar-refractivity contribution in [1.82, 2.24) is 0 Å². The van der Waals surface area contributed by atoms with Crippen LogP contribution in [0.4, 0.5) is 0 Å². The van der Waals surface area contributed by atoms with Crippen LogP contribution in [0.15, 0.2) is 0 Å². The summed E-state index contributed by atoms with van der Waals surface area (Å²) in [6, 6.07) is 0. The molecule has 0 radical (unpaired) electrons. The van der Waals surface area contributed by atoms with Gasteiger partial charge < -0.3 is 11.5 Å². The van der Waals surface area contributed by atoms with Crippen molar-refractivity contribution >= 4 is 5.91 Å². The second kappa shape index (κ2) is 3.05. The van der Waals surface area contributed by atoms with E-state index < -0.39 is 0 Å². The molecule has 1 amide bonds. The Hall–Kier alpha value is -0.570. The van der Waals surface area contributed by atoms with Crippen molar-refractivity contribution in [3.05, 3.63) is 0 Å². The van der Waals surface area contributed by atoms with E-state index in [1.165, 1.54) is 0 Å². The number of rotatable bonds is 3. The molecular formula is C9H18N2O. The smallest absolute Gasteiger partial charge is 0.219 e. The third kappa shape index (κ3) is 1.97. The van der Waals surface area contributed by atoms with E-state index in [1.54, 1.807) is 0 Å². The zero-order valence-electron chi connectivity index (χ0n) is 7.84. The summed E-state index contributed by atoms with van der Waals surface area (Å²) in [5, 5.41) is 0. The molecule has 1 aliphatic carbocycles. The average molecular weight is 170 g/mol. The molecule has 70 valence electrons. The zero-order chi connectivity index (χ0) is 9.35. The predicted molar refractivity (Wildman–Crippen MR) is 48.3 cm³/mol. The van der Waals surface area contributed by atoms with Gasteiger partial charge in [0.25, 0.3) is 0 Å². The lowest BCUT2D eigenvalue weighted by molar-refractivity contribution is -0.120. The normalized spacial score (nSPS) is 34.8. The zero-order valence-corrected chi connectivity index (χ0v) is 7.84. The molecule has 0 aliphatic heterocycles. The molecule has 0 aromatic heterocycles. The average Bonchev–Trinajstić information content (AvgIpc) is 1.80. The van der Waals surface area contributed by atoms with Crippen LogP contribution in [0.5, 0.6) is 0 Å². The van der Waals surface area contributed by atoms with Crippen LogP contribution in [0.3, 0.4) is 0 Å². The standard InChI is InChI=1S/C9H18N2O/c1-6(2)7-3-9(11,4-7)5-8(10)12/h6-7H,3-5,11H2,1-2H3,(H2,10,12). The molecule has 1 aliphatic rings. The van der Waals surface area contributed by atoms with Crippen LogP contribution in [0, 0.1) is 11.8 Å². The van der Waals surface area contributed by atoms with E-state index in [0.717, 1.165) is 12.8 Å². The van der Waals surface area contributed by atoms with Gasteiger partial charge in [0.15, 0.2) is 0 Å². The van der Waals surface area contributed by atoms with Crippen LogP contribution in [0.2, 0.25) is 0 Å². The molecule has 0 aromatic rings. The van der Waals surface area contributed by atoms with Crippen molar-refractivity contribution in [3.8, 4) is 0 Å². The number of hydrogen-bond acceptors (Lipinski definition) is 2. The molecule has 0 unspecified atom stereocenters. The molecule has 0 atom stereocenters. The fourth-order valence-electron chi connectivity index (χ4n) is 1.95. The Bertz CT molecular complexity index is 183. The monoisotopic (exact) mass is 170 g/mol. The van der Waals surface area contributed by atoms with Gasteiger partial charge in [-0.05, 0) is 24.7 Å². The lowest BCUT2D eigenvalue weighted by Crippen LogP contribution is -2.55. The molecule has 3 heteroatoms. The van der Waals surface area contributed by atoms with Crippen LogP contribution in [-0.4, -0.2) is 11.4 Å². The van der Waals surface area contributed by atoms with Crippen molar-refractivity contribution in [2.45, 2.75) is 38.6 Å². The Morgan fingerprint density at radius 1 is 1.58 bits per heavy atom. The topological polar surface area (TPSA) is 69.1 Å². The second-order valence-electron chi connectivity index (χ2n) is 4.42. The van der Waals surface area contributed by atoms with Gasteiger partial charge in [-0.25, -0.2) is 0 Å². The third-order valence-electron chi connectivity index (χ3n) is 2.81. The Kier molecular flexibility index (Phi) is 2.42. The van der Waals surface area contributed by atoms with Crippen LogP contribution in [0.25, 0.3) is 0 Å². The van der Waals surface area contributed by atoms with Crippen LogP contribution < -0.4 is 11.5 Å². The summed E-state index contributed by atoms with van der Waals surface area (Å²) in [5.74, 6) is 1.09. The minimum absolute atomic E-state index is 0.277. The minimum Gasteiger partial charge on any atom is -0.370 e. The molecule has 0 saturated heterocycles. The van der Waals surface area contributed by atoms with E-state index >= 15 is 0 Å². The predicted octanol–water partition coefficient (Wildman–Crippen LogP) is 0.625. The molecule has 4 N–H and O–H groups in total. The number of primary amides is 1. The molecule has 0 heterocycles. The van der Waals surface area contributed by atoms with E-state index in [4.69, 9.17) is 11.5 Å². The first-order valence-electron chi connectivity index (χ1n) is 4.50. The molecule has 0 spiro atoms. The first-order chi connectivity index (χ1) is 5.43. The van der Waals surface area contributed by atoms with E-state index in [2.05, 4.69) is 13.8 Å². The number of hydrogen-bond donors (Lipinski definition) is 2. The molecule has 12 heavy (non-hydrogen) atoms. The highest BCUT2D eigenvalue weighted by Gasteiger charge is 2.42. The fourth-order valence-corrected chi connectivity index (χ4v) is 1.95. The van der Waals surface area contributed by atoms with Gasteiger partial charge in [-0.3, -0.25) is 4.79 Å².